The number of aryl methyl sites for hydroxylation is 2. The molecule has 0 amide bonds. The minimum absolute atomic E-state index is 0.189. The zero-order valence-electron chi connectivity index (χ0n) is 11.4. The van der Waals surface area contributed by atoms with Crippen LogP contribution in [-0.2, 0) is 19.4 Å². The van der Waals surface area contributed by atoms with Crippen molar-refractivity contribution >= 4 is 27.4 Å². The summed E-state index contributed by atoms with van der Waals surface area (Å²) in [6.45, 7) is 0.434. The van der Waals surface area contributed by atoms with Gasteiger partial charge in [-0.2, -0.15) is 0 Å². The van der Waals surface area contributed by atoms with Crippen LogP contribution in [0.4, 0.5) is 10.2 Å². The lowest BCUT2D eigenvalue weighted by Gasteiger charge is -2.08. The summed E-state index contributed by atoms with van der Waals surface area (Å²) in [5.41, 5.74) is 2.03. The normalized spacial score (nSPS) is 13.6. The fourth-order valence-corrected chi connectivity index (χ4v) is 4.11. The fraction of sp³-hybridized carbons (Fsp3) is 0.250. The molecule has 4 rings (SSSR count). The Morgan fingerprint density at radius 3 is 3.00 bits per heavy atom. The van der Waals surface area contributed by atoms with Gasteiger partial charge in [0, 0.05) is 17.0 Å². The quantitative estimate of drug-likeness (QED) is 0.796. The number of hydrogen-bond donors (Lipinski definition) is 1. The van der Waals surface area contributed by atoms with Crippen molar-refractivity contribution in [1.82, 2.24) is 9.97 Å². The van der Waals surface area contributed by atoms with Gasteiger partial charge in [0.15, 0.2) is 0 Å². The van der Waals surface area contributed by atoms with E-state index in [1.54, 1.807) is 29.8 Å². The minimum Gasteiger partial charge on any atom is -0.365 e. The molecule has 1 aliphatic carbocycles. The standard InChI is InChI=1S/C16H14FN3S/c17-12-6-2-1-4-10(12)8-18-15-14-11-5-3-7-13(11)21-16(14)20-9-19-15/h1-2,4,6,9H,3,5,7-8H2,(H,18,19,20). The second-order valence-electron chi connectivity index (χ2n) is 5.20. The molecule has 0 aliphatic heterocycles. The summed E-state index contributed by atoms with van der Waals surface area (Å²) in [5.74, 6) is 0.633. The highest BCUT2D eigenvalue weighted by Crippen LogP contribution is 2.39. The Balaban J connectivity index is 1.69. The Hall–Kier alpha value is -2.01. The predicted octanol–water partition coefficient (Wildman–Crippen LogP) is 3.93. The van der Waals surface area contributed by atoms with Crippen molar-refractivity contribution in [2.45, 2.75) is 25.8 Å². The molecule has 0 fully saturated rings. The molecule has 1 N–H and O–H groups in total. The smallest absolute Gasteiger partial charge is 0.138 e. The summed E-state index contributed by atoms with van der Waals surface area (Å²) in [4.78, 5) is 11.2. The van der Waals surface area contributed by atoms with Crippen molar-refractivity contribution in [3.63, 3.8) is 0 Å². The lowest BCUT2D eigenvalue weighted by Crippen LogP contribution is -2.04. The van der Waals surface area contributed by atoms with Gasteiger partial charge in [-0.3, -0.25) is 0 Å². The number of fused-ring (bicyclic) bond motifs is 3. The summed E-state index contributed by atoms with van der Waals surface area (Å²) >= 11 is 1.76. The van der Waals surface area contributed by atoms with Gasteiger partial charge in [-0.1, -0.05) is 18.2 Å². The zero-order valence-corrected chi connectivity index (χ0v) is 12.2. The number of halogens is 1. The van der Waals surface area contributed by atoms with E-state index in [-0.39, 0.29) is 5.82 Å². The van der Waals surface area contributed by atoms with Gasteiger partial charge in [0.25, 0.3) is 0 Å². The van der Waals surface area contributed by atoms with Crippen LogP contribution in [0.5, 0.6) is 0 Å². The number of thiophene rings is 1. The Labute approximate surface area is 125 Å². The maximum absolute atomic E-state index is 13.7. The number of hydrogen-bond acceptors (Lipinski definition) is 4. The Bertz CT molecular complexity index is 812. The van der Waals surface area contributed by atoms with Gasteiger partial charge in [-0.15, -0.1) is 11.3 Å². The number of benzene rings is 1. The van der Waals surface area contributed by atoms with Gasteiger partial charge in [-0.25, -0.2) is 14.4 Å². The Morgan fingerprint density at radius 2 is 2.10 bits per heavy atom. The third-order valence-electron chi connectivity index (χ3n) is 3.91. The number of aromatic nitrogens is 2. The minimum atomic E-state index is -0.189. The van der Waals surface area contributed by atoms with Crippen LogP contribution in [0.1, 0.15) is 22.4 Å². The molecule has 0 saturated carbocycles. The van der Waals surface area contributed by atoms with Crippen molar-refractivity contribution in [2.24, 2.45) is 0 Å². The summed E-state index contributed by atoms with van der Waals surface area (Å²) in [6.07, 6.45) is 5.02. The number of rotatable bonds is 3. The lowest BCUT2D eigenvalue weighted by atomic mass is 10.1. The first-order valence-electron chi connectivity index (χ1n) is 7.05. The van der Waals surface area contributed by atoms with Crippen LogP contribution in [-0.4, -0.2) is 9.97 Å². The van der Waals surface area contributed by atoms with E-state index in [1.807, 2.05) is 6.07 Å². The van der Waals surface area contributed by atoms with Crippen molar-refractivity contribution < 1.29 is 4.39 Å². The molecule has 106 valence electrons. The number of nitrogens with zero attached hydrogens (tertiary/aromatic N) is 2. The van der Waals surface area contributed by atoms with Gasteiger partial charge >= 0.3 is 0 Å². The maximum Gasteiger partial charge on any atom is 0.138 e. The van der Waals surface area contributed by atoms with Crippen LogP contribution in [0, 0.1) is 5.82 Å². The van der Waals surface area contributed by atoms with E-state index >= 15 is 0 Å². The molecule has 0 atom stereocenters. The van der Waals surface area contributed by atoms with E-state index < -0.39 is 0 Å². The molecular formula is C16H14FN3S. The molecule has 5 heteroatoms. The van der Waals surface area contributed by atoms with E-state index in [4.69, 9.17) is 0 Å². The van der Waals surface area contributed by atoms with Crippen molar-refractivity contribution in [3.05, 3.63) is 52.4 Å². The molecular weight excluding hydrogens is 285 g/mol. The fourth-order valence-electron chi connectivity index (χ4n) is 2.88. The third-order valence-corrected chi connectivity index (χ3v) is 5.11. The summed E-state index contributed by atoms with van der Waals surface area (Å²) in [6, 6.07) is 6.82. The SMILES string of the molecule is Fc1ccccc1CNc1ncnc2sc3c(c12)CCC3. The highest BCUT2D eigenvalue weighted by atomic mass is 32.1. The Kier molecular flexibility index (Phi) is 3.07. The zero-order chi connectivity index (χ0) is 14.2. The van der Waals surface area contributed by atoms with Gasteiger partial charge in [0.05, 0.1) is 5.39 Å². The third kappa shape index (κ3) is 2.17. The number of nitrogens with one attached hydrogen (secondary N) is 1. The molecule has 3 nitrogen and oxygen atoms in total. The maximum atomic E-state index is 13.7. The van der Waals surface area contributed by atoms with Crippen LogP contribution in [0.2, 0.25) is 0 Å². The average molecular weight is 299 g/mol. The summed E-state index contributed by atoms with van der Waals surface area (Å²) < 4.78 is 13.7. The van der Waals surface area contributed by atoms with E-state index in [9.17, 15) is 4.39 Å². The topological polar surface area (TPSA) is 37.8 Å². The molecule has 0 radical (unpaired) electrons. The molecule has 1 aromatic carbocycles. The van der Waals surface area contributed by atoms with Crippen molar-refractivity contribution in [3.8, 4) is 0 Å². The van der Waals surface area contributed by atoms with Gasteiger partial charge < -0.3 is 5.32 Å². The van der Waals surface area contributed by atoms with E-state index in [1.165, 1.54) is 22.9 Å². The largest absolute Gasteiger partial charge is 0.365 e. The monoisotopic (exact) mass is 299 g/mol. The highest BCUT2D eigenvalue weighted by Gasteiger charge is 2.21. The molecule has 0 unspecified atom stereocenters. The molecule has 0 saturated heterocycles. The Morgan fingerprint density at radius 1 is 1.19 bits per heavy atom. The first-order chi connectivity index (χ1) is 10.3. The van der Waals surface area contributed by atoms with E-state index in [2.05, 4.69) is 15.3 Å². The van der Waals surface area contributed by atoms with Crippen LogP contribution in [0.25, 0.3) is 10.2 Å². The van der Waals surface area contributed by atoms with Gasteiger partial charge in [0.1, 0.15) is 22.8 Å². The number of anilines is 1. The van der Waals surface area contributed by atoms with Crippen LogP contribution in [0.3, 0.4) is 0 Å². The molecule has 0 spiro atoms. The van der Waals surface area contributed by atoms with Gasteiger partial charge in [0.2, 0.25) is 0 Å². The van der Waals surface area contributed by atoms with Gasteiger partial charge in [-0.05, 0) is 30.9 Å². The highest BCUT2D eigenvalue weighted by molar-refractivity contribution is 7.19. The van der Waals surface area contributed by atoms with Crippen molar-refractivity contribution in [2.75, 3.05) is 5.32 Å². The average Bonchev–Trinajstić information content (AvgIpc) is 3.07. The second kappa shape index (κ2) is 5.07. The first-order valence-corrected chi connectivity index (χ1v) is 7.87. The molecule has 2 heterocycles. The molecule has 1 aliphatic rings. The van der Waals surface area contributed by atoms with E-state index in [0.717, 1.165) is 28.9 Å². The molecule has 2 aromatic heterocycles. The molecule has 3 aromatic rings. The van der Waals surface area contributed by atoms with E-state index in [0.29, 0.717) is 12.1 Å². The van der Waals surface area contributed by atoms with Crippen LogP contribution >= 0.6 is 11.3 Å². The summed E-state index contributed by atoms with van der Waals surface area (Å²) in [5, 5.41) is 4.41. The van der Waals surface area contributed by atoms with Crippen LogP contribution < -0.4 is 5.32 Å². The summed E-state index contributed by atoms with van der Waals surface area (Å²) in [7, 11) is 0. The predicted molar refractivity (Wildman–Crippen MR) is 83.2 cm³/mol. The lowest BCUT2D eigenvalue weighted by molar-refractivity contribution is 0.613. The second-order valence-corrected chi connectivity index (χ2v) is 6.29. The van der Waals surface area contributed by atoms with Crippen molar-refractivity contribution in [1.29, 1.82) is 0 Å². The molecule has 21 heavy (non-hydrogen) atoms. The van der Waals surface area contributed by atoms with Crippen LogP contribution in [0.15, 0.2) is 30.6 Å². The molecule has 0 bridgehead atoms. The first kappa shape index (κ1) is 12.7.